The van der Waals surface area contributed by atoms with Crippen molar-refractivity contribution >= 4 is 21.8 Å². The van der Waals surface area contributed by atoms with Crippen LogP contribution in [-0.2, 0) is 4.79 Å². The van der Waals surface area contributed by atoms with E-state index in [0.717, 1.165) is 4.47 Å². The molecule has 2 N–H and O–H groups in total. The maximum atomic E-state index is 11.8. The minimum Gasteiger partial charge on any atom is -0.481 e. The number of hydrogen-bond donors (Lipinski definition) is 2. The average molecular weight is 316 g/mol. The lowest BCUT2D eigenvalue weighted by atomic mass is 10.2. The van der Waals surface area contributed by atoms with E-state index in [9.17, 15) is 4.79 Å². The zero-order chi connectivity index (χ0) is 13.5. The summed E-state index contributed by atoms with van der Waals surface area (Å²) in [7, 11) is 0. The topological polar surface area (TPSA) is 58.6 Å². The molecule has 2 atom stereocenters. The quantitative estimate of drug-likeness (QED) is 0.845. The van der Waals surface area contributed by atoms with Crippen molar-refractivity contribution in [1.82, 2.24) is 5.32 Å². The molecule has 2 unspecified atom stereocenters. The van der Waals surface area contributed by atoms with E-state index in [1.165, 1.54) is 0 Å². The van der Waals surface area contributed by atoms with Gasteiger partial charge >= 0.3 is 0 Å². The molecule has 5 heteroatoms. The second-order valence-corrected chi connectivity index (χ2v) is 4.93. The van der Waals surface area contributed by atoms with Crippen molar-refractivity contribution in [3.8, 4) is 5.75 Å². The summed E-state index contributed by atoms with van der Waals surface area (Å²) in [6, 6.07) is 7.06. The lowest BCUT2D eigenvalue weighted by Gasteiger charge is -2.19. The van der Waals surface area contributed by atoms with Gasteiger partial charge in [-0.1, -0.05) is 22.9 Å². The van der Waals surface area contributed by atoms with E-state index >= 15 is 0 Å². The number of hydrogen-bond acceptors (Lipinski definition) is 3. The highest BCUT2D eigenvalue weighted by atomic mass is 79.9. The lowest BCUT2D eigenvalue weighted by molar-refractivity contribution is -0.128. The summed E-state index contributed by atoms with van der Waals surface area (Å²) in [6.07, 6.45) is 0.0968. The molecule has 4 nitrogen and oxygen atoms in total. The summed E-state index contributed by atoms with van der Waals surface area (Å²) in [6.45, 7) is 3.52. The predicted octanol–water partition coefficient (Wildman–Crippen LogP) is 2.10. The van der Waals surface area contributed by atoms with E-state index in [0.29, 0.717) is 12.2 Å². The van der Waals surface area contributed by atoms with Gasteiger partial charge in [-0.25, -0.2) is 0 Å². The summed E-state index contributed by atoms with van der Waals surface area (Å²) in [5, 5.41) is 11.7. The minimum absolute atomic E-state index is 0.0623. The smallest absolute Gasteiger partial charge is 0.261 e. The van der Waals surface area contributed by atoms with Crippen LogP contribution in [0.3, 0.4) is 0 Å². The molecule has 100 valence electrons. The Labute approximate surface area is 115 Å². The summed E-state index contributed by atoms with van der Waals surface area (Å²) in [4.78, 5) is 11.8. The molecular formula is C13H18BrNO3. The van der Waals surface area contributed by atoms with Gasteiger partial charge in [0.2, 0.25) is 0 Å². The highest BCUT2D eigenvalue weighted by molar-refractivity contribution is 9.10. The number of halogens is 1. The first-order valence-corrected chi connectivity index (χ1v) is 6.69. The Morgan fingerprint density at radius 2 is 2.06 bits per heavy atom. The van der Waals surface area contributed by atoms with Crippen LogP contribution in [0.2, 0.25) is 0 Å². The first-order valence-electron chi connectivity index (χ1n) is 5.90. The van der Waals surface area contributed by atoms with Crippen LogP contribution < -0.4 is 10.1 Å². The van der Waals surface area contributed by atoms with E-state index in [-0.39, 0.29) is 18.6 Å². The van der Waals surface area contributed by atoms with Crippen LogP contribution in [0.25, 0.3) is 0 Å². The van der Waals surface area contributed by atoms with Gasteiger partial charge in [0, 0.05) is 4.47 Å². The van der Waals surface area contributed by atoms with Gasteiger partial charge in [0.25, 0.3) is 5.91 Å². The normalized spacial score (nSPS) is 13.8. The lowest BCUT2D eigenvalue weighted by Crippen LogP contribution is -2.43. The third kappa shape index (κ3) is 4.66. The van der Waals surface area contributed by atoms with Gasteiger partial charge in [-0.15, -0.1) is 0 Å². The molecule has 0 aliphatic rings. The molecule has 0 heterocycles. The van der Waals surface area contributed by atoms with Crippen molar-refractivity contribution in [2.24, 2.45) is 0 Å². The first kappa shape index (κ1) is 15.0. The number of aliphatic hydroxyl groups is 1. The SMILES string of the molecule is CCC(CO)NC(=O)C(C)Oc1ccc(Br)cc1. The highest BCUT2D eigenvalue weighted by Crippen LogP contribution is 2.17. The Morgan fingerprint density at radius 3 is 2.56 bits per heavy atom. The van der Waals surface area contributed by atoms with Crippen molar-refractivity contribution in [2.75, 3.05) is 6.61 Å². The van der Waals surface area contributed by atoms with E-state index in [4.69, 9.17) is 9.84 Å². The maximum absolute atomic E-state index is 11.8. The van der Waals surface area contributed by atoms with Gasteiger partial charge in [0.15, 0.2) is 6.10 Å². The van der Waals surface area contributed by atoms with Gasteiger partial charge in [0.1, 0.15) is 5.75 Å². The van der Waals surface area contributed by atoms with E-state index in [1.54, 1.807) is 19.1 Å². The number of carbonyl (C=O) groups is 1. The Bertz CT molecular complexity index is 376. The molecule has 1 aromatic rings. The molecule has 0 aliphatic carbocycles. The monoisotopic (exact) mass is 315 g/mol. The average Bonchev–Trinajstić information content (AvgIpc) is 2.38. The van der Waals surface area contributed by atoms with Crippen molar-refractivity contribution < 1.29 is 14.6 Å². The summed E-state index contributed by atoms with van der Waals surface area (Å²) < 4.78 is 6.46. The number of ether oxygens (including phenoxy) is 1. The Balaban J connectivity index is 2.51. The van der Waals surface area contributed by atoms with Crippen LogP contribution in [0.15, 0.2) is 28.7 Å². The van der Waals surface area contributed by atoms with Gasteiger partial charge in [-0.3, -0.25) is 4.79 Å². The zero-order valence-corrected chi connectivity index (χ0v) is 12.1. The van der Waals surface area contributed by atoms with Crippen molar-refractivity contribution in [3.05, 3.63) is 28.7 Å². The highest BCUT2D eigenvalue weighted by Gasteiger charge is 2.17. The molecule has 0 saturated carbocycles. The molecule has 0 saturated heterocycles. The molecule has 0 aliphatic heterocycles. The van der Waals surface area contributed by atoms with Gasteiger partial charge < -0.3 is 15.2 Å². The number of nitrogens with one attached hydrogen (secondary N) is 1. The van der Waals surface area contributed by atoms with Crippen LogP contribution in [0.1, 0.15) is 20.3 Å². The van der Waals surface area contributed by atoms with Gasteiger partial charge in [0.05, 0.1) is 12.6 Å². The molecule has 0 aromatic heterocycles. The molecule has 18 heavy (non-hydrogen) atoms. The van der Waals surface area contributed by atoms with Gasteiger partial charge in [-0.05, 0) is 37.6 Å². The second-order valence-electron chi connectivity index (χ2n) is 4.01. The van der Waals surface area contributed by atoms with Crippen molar-refractivity contribution in [2.45, 2.75) is 32.4 Å². The fourth-order valence-electron chi connectivity index (χ4n) is 1.37. The predicted molar refractivity (Wildman–Crippen MR) is 73.5 cm³/mol. The number of amides is 1. The molecular weight excluding hydrogens is 298 g/mol. The molecule has 1 rings (SSSR count). The second kappa shape index (κ2) is 7.38. The third-order valence-electron chi connectivity index (χ3n) is 2.56. The zero-order valence-electron chi connectivity index (χ0n) is 10.5. The number of benzene rings is 1. The first-order chi connectivity index (χ1) is 8.56. The fraction of sp³-hybridized carbons (Fsp3) is 0.462. The number of rotatable bonds is 6. The molecule has 0 fully saturated rings. The van der Waals surface area contributed by atoms with Crippen LogP contribution in [0.4, 0.5) is 0 Å². The Morgan fingerprint density at radius 1 is 1.44 bits per heavy atom. The summed E-state index contributed by atoms with van der Waals surface area (Å²) >= 11 is 3.33. The van der Waals surface area contributed by atoms with Crippen LogP contribution >= 0.6 is 15.9 Å². The molecule has 0 radical (unpaired) electrons. The number of carbonyl (C=O) groups excluding carboxylic acids is 1. The standard InChI is InChI=1S/C13H18BrNO3/c1-3-11(8-16)15-13(17)9(2)18-12-6-4-10(14)5-7-12/h4-7,9,11,16H,3,8H2,1-2H3,(H,15,17). The van der Waals surface area contributed by atoms with Crippen LogP contribution in [0.5, 0.6) is 5.75 Å². The van der Waals surface area contributed by atoms with E-state index < -0.39 is 6.10 Å². The Kier molecular flexibility index (Phi) is 6.15. The number of aliphatic hydroxyl groups excluding tert-OH is 1. The van der Waals surface area contributed by atoms with Gasteiger partial charge in [-0.2, -0.15) is 0 Å². The minimum atomic E-state index is -0.591. The molecule has 1 aromatic carbocycles. The van der Waals surface area contributed by atoms with Crippen molar-refractivity contribution in [3.63, 3.8) is 0 Å². The summed E-state index contributed by atoms with van der Waals surface area (Å²) in [5.41, 5.74) is 0. The Hall–Kier alpha value is -1.07. The third-order valence-corrected chi connectivity index (χ3v) is 3.08. The van der Waals surface area contributed by atoms with Crippen LogP contribution in [0, 0.1) is 0 Å². The van der Waals surface area contributed by atoms with E-state index in [1.807, 2.05) is 19.1 Å². The fourth-order valence-corrected chi connectivity index (χ4v) is 1.63. The van der Waals surface area contributed by atoms with E-state index in [2.05, 4.69) is 21.2 Å². The molecule has 0 bridgehead atoms. The molecule has 1 amide bonds. The largest absolute Gasteiger partial charge is 0.481 e. The van der Waals surface area contributed by atoms with Crippen LogP contribution in [-0.4, -0.2) is 29.8 Å². The molecule has 0 spiro atoms. The summed E-state index contributed by atoms with van der Waals surface area (Å²) in [5.74, 6) is 0.414. The van der Waals surface area contributed by atoms with Crippen molar-refractivity contribution in [1.29, 1.82) is 0 Å². The maximum Gasteiger partial charge on any atom is 0.261 e.